The lowest BCUT2D eigenvalue weighted by molar-refractivity contribution is -0.0326. The van der Waals surface area contributed by atoms with Crippen LogP contribution in [0.2, 0.25) is 0 Å². The number of aliphatic hydroxyl groups is 3. The molecule has 0 rings (SSSR count). The predicted molar refractivity (Wildman–Crippen MR) is 70.5 cm³/mol. The van der Waals surface area contributed by atoms with E-state index < -0.39 is 12.2 Å². The van der Waals surface area contributed by atoms with Crippen molar-refractivity contribution in [1.29, 1.82) is 0 Å². The molecular weight excluding hydrogens is 204 g/mol. The van der Waals surface area contributed by atoms with E-state index in [-0.39, 0.29) is 12.0 Å². The van der Waals surface area contributed by atoms with Crippen molar-refractivity contribution in [2.75, 3.05) is 6.61 Å². The van der Waals surface area contributed by atoms with E-state index in [4.69, 9.17) is 5.11 Å². The smallest absolute Gasteiger partial charge is 0.0825 e. The van der Waals surface area contributed by atoms with Gasteiger partial charge in [-0.1, -0.05) is 41.5 Å². The van der Waals surface area contributed by atoms with Gasteiger partial charge in [0.1, 0.15) is 0 Å². The quantitative estimate of drug-likeness (QED) is 0.687. The average Bonchev–Trinajstić information content (AvgIpc) is 2.32. The van der Waals surface area contributed by atoms with Crippen LogP contribution in [0.4, 0.5) is 0 Å². The van der Waals surface area contributed by atoms with Crippen molar-refractivity contribution >= 4 is 0 Å². The van der Waals surface area contributed by atoms with Gasteiger partial charge in [0.2, 0.25) is 0 Å². The van der Waals surface area contributed by atoms with Gasteiger partial charge in [-0.05, 0) is 25.2 Å². The molecule has 0 amide bonds. The summed E-state index contributed by atoms with van der Waals surface area (Å²) in [5.74, 6) is 0. The first kappa shape index (κ1) is 21.2. The third-order valence-corrected chi connectivity index (χ3v) is 2.55. The molecule has 0 heterocycles. The zero-order chi connectivity index (χ0) is 13.8. The first-order chi connectivity index (χ1) is 7.46. The van der Waals surface area contributed by atoms with Gasteiger partial charge in [0, 0.05) is 0 Å². The molecular formula is C13H32O3. The monoisotopic (exact) mass is 236 g/mol. The molecule has 3 N–H and O–H groups in total. The Kier molecular flexibility index (Phi) is 17.2. The SMILES string of the molecule is CC.CC.CC[C@](C)(C[C@@H](C)O)[C@@H](O)CO. The Labute approximate surface area is 102 Å². The van der Waals surface area contributed by atoms with Crippen molar-refractivity contribution in [3.05, 3.63) is 0 Å². The standard InChI is InChI=1S/C9H20O3.2C2H6/c1-4-9(3,5-7(2)11)8(12)6-10;2*1-2/h7-8,10-12H,4-6H2,1-3H3;2*1-2H3/t7-,8+,9-;;/m1../s1. The van der Waals surface area contributed by atoms with Gasteiger partial charge in [0.25, 0.3) is 0 Å². The lowest BCUT2D eigenvalue weighted by Crippen LogP contribution is -2.37. The Morgan fingerprint density at radius 2 is 1.44 bits per heavy atom. The molecule has 0 aliphatic rings. The van der Waals surface area contributed by atoms with Crippen LogP contribution >= 0.6 is 0 Å². The molecule has 0 aromatic rings. The second-order valence-corrected chi connectivity index (χ2v) is 3.76. The van der Waals surface area contributed by atoms with E-state index >= 15 is 0 Å². The van der Waals surface area contributed by atoms with Crippen LogP contribution in [0.1, 0.15) is 61.3 Å². The van der Waals surface area contributed by atoms with Crippen molar-refractivity contribution in [2.24, 2.45) is 5.41 Å². The zero-order valence-corrected chi connectivity index (χ0v) is 12.1. The predicted octanol–water partition coefficient (Wildman–Crippen LogP) is 2.58. The lowest BCUT2D eigenvalue weighted by Gasteiger charge is -2.33. The molecule has 0 saturated carbocycles. The second kappa shape index (κ2) is 12.9. The minimum absolute atomic E-state index is 0.239. The van der Waals surface area contributed by atoms with E-state index in [1.807, 2.05) is 41.5 Å². The van der Waals surface area contributed by atoms with E-state index in [1.54, 1.807) is 6.92 Å². The maximum absolute atomic E-state index is 9.46. The molecule has 3 nitrogen and oxygen atoms in total. The van der Waals surface area contributed by atoms with Crippen molar-refractivity contribution in [3.63, 3.8) is 0 Å². The van der Waals surface area contributed by atoms with Crippen molar-refractivity contribution < 1.29 is 15.3 Å². The summed E-state index contributed by atoms with van der Waals surface area (Å²) in [4.78, 5) is 0. The maximum atomic E-state index is 9.46. The van der Waals surface area contributed by atoms with Crippen LogP contribution in [0.5, 0.6) is 0 Å². The Balaban J connectivity index is -0.000000376. The van der Waals surface area contributed by atoms with Crippen molar-refractivity contribution in [1.82, 2.24) is 0 Å². The van der Waals surface area contributed by atoms with Gasteiger partial charge in [-0.15, -0.1) is 0 Å². The first-order valence-corrected chi connectivity index (χ1v) is 6.43. The summed E-state index contributed by atoms with van der Waals surface area (Å²) >= 11 is 0. The van der Waals surface area contributed by atoms with E-state index in [0.717, 1.165) is 6.42 Å². The van der Waals surface area contributed by atoms with Gasteiger partial charge in [0.05, 0.1) is 18.8 Å². The van der Waals surface area contributed by atoms with Gasteiger partial charge < -0.3 is 15.3 Å². The lowest BCUT2D eigenvalue weighted by atomic mass is 9.77. The Bertz CT molecular complexity index is 126. The number of hydrogen-bond acceptors (Lipinski definition) is 3. The van der Waals surface area contributed by atoms with Crippen LogP contribution in [0.3, 0.4) is 0 Å². The third-order valence-electron chi connectivity index (χ3n) is 2.55. The molecule has 0 aliphatic carbocycles. The normalized spacial score (nSPS) is 16.9. The van der Waals surface area contributed by atoms with E-state index in [9.17, 15) is 10.2 Å². The van der Waals surface area contributed by atoms with Gasteiger partial charge in [-0.2, -0.15) is 0 Å². The molecule has 0 aromatic heterocycles. The highest BCUT2D eigenvalue weighted by Gasteiger charge is 2.31. The van der Waals surface area contributed by atoms with Gasteiger partial charge >= 0.3 is 0 Å². The van der Waals surface area contributed by atoms with E-state index in [1.165, 1.54) is 0 Å². The average molecular weight is 236 g/mol. The fourth-order valence-electron chi connectivity index (χ4n) is 1.41. The van der Waals surface area contributed by atoms with Gasteiger partial charge in [-0.3, -0.25) is 0 Å². The zero-order valence-electron chi connectivity index (χ0n) is 12.1. The largest absolute Gasteiger partial charge is 0.394 e. The maximum Gasteiger partial charge on any atom is 0.0825 e. The summed E-state index contributed by atoms with van der Waals surface area (Å²) in [6, 6.07) is 0. The highest BCUT2D eigenvalue weighted by molar-refractivity contribution is 4.82. The molecule has 0 aliphatic heterocycles. The number of hydrogen-bond donors (Lipinski definition) is 3. The van der Waals surface area contributed by atoms with Gasteiger partial charge in [0.15, 0.2) is 0 Å². The number of aliphatic hydroxyl groups excluding tert-OH is 3. The molecule has 3 heteroatoms. The van der Waals surface area contributed by atoms with Crippen LogP contribution in [0.25, 0.3) is 0 Å². The molecule has 16 heavy (non-hydrogen) atoms. The molecule has 3 atom stereocenters. The minimum atomic E-state index is -0.739. The Morgan fingerprint density at radius 3 is 1.62 bits per heavy atom. The van der Waals surface area contributed by atoms with Crippen LogP contribution in [0.15, 0.2) is 0 Å². The molecule has 0 saturated heterocycles. The summed E-state index contributed by atoms with van der Waals surface area (Å²) in [5.41, 5.74) is -0.372. The number of rotatable bonds is 5. The van der Waals surface area contributed by atoms with E-state index in [2.05, 4.69) is 0 Å². The van der Waals surface area contributed by atoms with Crippen LogP contribution in [-0.2, 0) is 0 Å². The summed E-state index contributed by atoms with van der Waals surface area (Å²) < 4.78 is 0. The molecule has 0 radical (unpaired) electrons. The van der Waals surface area contributed by atoms with E-state index in [0.29, 0.717) is 6.42 Å². The molecule has 0 fully saturated rings. The first-order valence-electron chi connectivity index (χ1n) is 6.43. The van der Waals surface area contributed by atoms with Crippen LogP contribution in [-0.4, -0.2) is 34.1 Å². The molecule has 0 bridgehead atoms. The molecule has 0 unspecified atom stereocenters. The Hall–Kier alpha value is -0.120. The highest BCUT2D eigenvalue weighted by Crippen LogP contribution is 2.31. The molecule has 0 aromatic carbocycles. The summed E-state index contributed by atoms with van der Waals surface area (Å²) in [6.45, 7) is 13.3. The topological polar surface area (TPSA) is 60.7 Å². The van der Waals surface area contributed by atoms with Gasteiger partial charge in [-0.25, -0.2) is 0 Å². The van der Waals surface area contributed by atoms with Crippen molar-refractivity contribution in [3.8, 4) is 0 Å². The minimum Gasteiger partial charge on any atom is -0.394 e. The third kappa shape index (κ3) is 9.13. The fraction of sp³-hybridized carbons (Fsp3) is 1.00. The second-order valence-electron chi connectivity index (χ2n) is 3.76. The Morgan fingerprint density at radius 1 is 1.06 bits per heavy atom. The summed E-state index contributed by atoms with van der Waals surface area (Å²) in [5, 5.41) is 27.4. The molecule has 102 valence electrons. The summed E-state index contributed by atoms with van der Waals surface area (Å²) in [7, 11) is 0. The molecule has 0 spiro atoms. The van der Waals surface area contributed by atoms with Crippen molar-refractivity contribution in [2.45, 2.75) is 73.5 Å². The van der Waals surface area contributed by atoms with Crippen LogP contribution in [0, 0.1) is 5.41 Å². The summed E-state index contributed by atoms with van der Waals surface area (Å²) in [6.07, 6.45) is 0.0958. The van der Waals surface area contributed by atoms with Crippen LogP contribution < -0.4 is 0 Å². The fourth-order valence-corrected chi connectivity index (χ4v) is 1.41. The highest BCUT2D eigenvalue weighted by atomic mass is 16.3.